The van der Waals surface area contributed by atoms with Gasteiger partial charge >= 0.3 is 17.9 Å². The maximum absolute atomic E-state index is 12.5. The van der Waals surface area contributed by atoms with Gasteiger partial charge < -0.3 is 59.8 Å². The van der Waals surface area contributed by atoms with Gasteiger partial charge in [0.05, 0.1) is 13.7 Å². The lowest BCUT2D eigenvalue weighted by Gasteiger charge is -2.39. The molecule has 0 unspecified atom stereocenters. The molecule has 15 nitrogen and oxygen atoms in total. The summed E-state index contributed by atoms with van der Waals surface area (Å²) in [5, 5.41) is 78.7. The van der Waals surface area contributed by atoms with Crippen molar-refractivity contribution in [1.29, 1.82) is 0 Å². The van der Waals surface area contributed by atoms with E-state index < -0.39 is 73.3 Å². The van der Waals surface area contributed by atoms with E-state index in [1.807, 2.05) is 0 Å². The van der Waals surface area contributed by atoms with Crippen LogP contribution in [0.1, 0.15) is 11.1 Å². The summed E-state index contributed by atoms with van der Waals surface area (Å²) in [6, 6.07) is 9.04. The van der Waals surface area contributed by atoms with Crippen LogP contribution >= 0.6 is 0 Å². The van der Waals surface area contributed by atoms with Crippen LogP contribution in [0.4, 0.5) is 0 Å². The molecule has 1 saturated heterocycles. The second kappa shape index (κ2) is 13.6. The summed E-state index contributed by atoms with van der Waals surface area (Å²) >= 11 is 0. The van der Waals surface area contributed by atoms with Crippen LogP contribution in [-0.2, 0) is 30.3 Å². The van der Waals surface area contributed by atoms with Gasteiger partial charge in [-0.3, -0.25) is 0 Å². The quantitative estimate of drug-likeness (QED) is 0.104. The number of aliphatic carboxylic acids is 2. The molecule has 1 heterocycles. The van der Waals surface area contributed by atoms with Crippen molar-refractivity contribution in [3.05, 3.63) is 59.7 Å². The van der Waals surface area contributed by atoms with Crippen LogP contribution in [0.5, 0.6) is 17.2 Å². The molecule has 0 radical (unpaired) electrons. The molecule has 3 rings (SSSR count). The van der Waals surface area contributed by atoms with E-state index in [9.17, 15) is 55.2 Å². The van der Waals surface area contributed by atoms with Gasteiger partial charge in [-0.1, -0.05) is 18.2 Å². The summed E-state index contributed by atoms with van der Waals surface area (Å²) in [4.78, 5) is 36.2. The number of phenolic OH excluding ortho intramolecular Hbond substituents is 1. The van der Waals surface area contributed by atoms with Gasteiger partial charge in [-0.25, -0.2) is 14.4 Å². The van der Waals surface area contributed by atoms with Gasteiger partial charge in [0, 0.05) is 12.5 Å². The Hall–Kier alpha value is -4.25. The monoisotopic (exact) mass is 594 g/mol. The molecule has 42 heavy (non-hydrogen) atoms. The number of hydrogen-bond acceptors (Lipinski definition) is 13. The number of carboxylic acid groups (broad SMARTS) is 2. The fourth-order valence-corrected chi connectivity index (χ4v) is 4.05. The third-order valence-corrected chi connectivity index (χ3v) is 6.36. The van der Waals surface area contributed by atoms with E-state index in [2.05, 4.69) is 0 Å². The van der Waals surface area contributed by atoms with Crippen LogP contribution in [-0.4, -0.2) is 115 Å². The van der Waals surface area contributed by atoms with Gasteiger partial charge in [0.15, 0.2) is 11.5 Å². The first kappa shape index (κ1) is 32.3. The Kier molecular flexibility index (Phi) is 10.5. The molecule has 0 amide bonds. The minimum absolute atomic E-state index is 0.00764. The van der Waals surface area contributed by atoms with Crippen LogP contribution in [0.3, 0.4) is 0 Å². The lowest BCUT2D eigenvalue weighted by Crippen LogP contribution is -2.60. The molecular weight excluding hydrogens is 564 g/mol. The van der Waals surface area contributed by atoms with Gasteiger partial charge in [0.2, 0.25) is 18.0 Å². The zero-order valence-electron chi connectivity index (χ0n) is 22.0. The van der Waals surface area contributed by atoms with E-state index in [0.29, 0.717) is 0 Å². The van der Waals surface area contributed by atoms with Gasteiger partial charge in [-0.05, 0) is 41.5 Å². The third-order valence-electron chi connectivity index (χ3n) is 6.36. The Bertz CT molecular complexity index is 1290. The maximum atomic E-state index is 12.5. The minimum Gasteiger partial charge on any atom is -0.508 e. The number of benzene rings is 2. The molecule has 2 aromatic carbocycles. The second-order valence-corrected chi connectivity index (χ2v) is 9.29. The van der Waals surface area contributed by atoms with Gasteiger partial charge in [0.25, 0.3) is 0 Å². The number of phenols is 1. The molecule has 0 spiro atoms. The molecule has 2 aromatic rings. The first-order valence-corrected chi connectivity index (χ1v) is 12.3. The van der Waals surface area contributed by atoms with Crippen molar-refractivity contribution in [3.63, 3.8) is 0 Å². The molecule has 0 aromatic heterocycles. The number of carboxylic acids is 2. The summed E-state index contributed by atoms with van der Waals surface area (Å²) in [6.45, 7) is -0.662. The highest BCUT2D eigenvalue weighted by atomic mass is 16.7. The highest BCUT2D eigenvalue weighted by molar-refractivity contribution is 5.93. The van der Waals surface area contributed by atoms with E-state index >= 15 is 0 Å². The average molecular weight is 595 g/mol. The van der Waals surface area contributed by atoms with Crippen LogP contribution in [0.2, 0.25) is 0 Å². The number of hydrogen-bond donors (Lipinski definition) is 8. The van der Waals surface area contributed by atoms with Crippen LogP contribution in [0, 0.1) is 0 Å². The first-order valence-electron chi connectivity index (χ1n) is 12.3. The molecule has 0 bridgehead atoms. The highest BCUT2D eigenvalue weighted by Crippen LogP contribution is 2.32. The predicted molar refractivity (Wildman–Crippen MR) is 138 cm³/mol. The molecule has 0 aliphatic carbocycles. The standard InChI is InChI=1S/C27H30O15/c1-39-17-10-13(4-8-16(17)40-25-22(33)21(32)20(31)18(12-28)41-25)5-9-19(30)42-23(24(34)35)27(38,26(36)37)11-14-2-6-15(29)7-3-14/h2-10,18,20-23,25,28-29,31-33,38H,11-12H2,1H3,(H,34,35)(H,36,37)/b9-5+/t18-,20+,21+,22-,23-,25-,27-/m1/s1. The largest absolute Gasteiger partial charge is 0.508 e. The van der Waals surface area contributed by atoms with E-state index in [1.54, 1.807) is 0 Å². The molecule has 0 saturated carbocycles. The lowest BCUT2D eigenvalue weighted by molar-refractivity contribution is -0.277. The average Bonchev–Trinajstić information content (AvgIpc) is 2.96. The summed E-state index contributed by atoms with van der Waals surface area (Å²) in [6.07, 6.45) is -8.95. The number of aliphatic hydroxyl groups excluding tert-OH is 4. The number of aromatic hydroxyl groups is 1. The van der Waals surface area contributed by atoms with Gasteiger partial charge in [-0.15, -0.1) is 0 Å². The van der Waals surface area contributed by atoms with Crippen molar-refractivity contribution >= 4 is 24.0 Å². The molecule has 15 heteroatoms. The Morgan fingerprint density at radius 1 is 1.00 bits per heavy atom. The van der Waals surface area contributed by atoms with Crippen molar-refractivity contribution < 1.29 is 74.2 Å². The molecular formula is C27H30O15. The Labute approximate surface area is 238 Å². The fourth-order valence-electron chi connectivity index (χ4n) is 4.05. The summed E-state index contributed by atoms with van der Waals surface area (Å²) < 4.78 is 20.9. The van der Waals surface area contributed by atoms with E-state index in [1.165, 1.54) is 55.7 Å². The molecule has 228 valence electrons. The summed E-state index contributed by atoms with van der Waals surface area (Å²) in [7, 11) is 1.27. The third kappa shape index (κ3) is 7.33. The van der Waals surface area contributed by atoms with Crippen molar-refractivity contribution in [2.24, 2.45) is 0 Å². The number of ether oxygens (including phenoxy) is 4. The fraction of sp³-hybridized carbons (Fsp3) is 0.370. The van der Waals surface area contributed by atoms with Crippen LogP contribution in [0.15, 0.2) is 48.5 Å². The number of carbonyl (C=O) groups excluding carboxylic acids is 1. The number of esters is 1. The number of methoxy groups -OCH3 is 1. The minimum atomic E-state index is -3.06. The van der Waals surface area contributed by atoms with Gasteiger partial charge in [0.1, 0.15) is 30.2 Å². The second-order valence-electron chi connectivity index (χ2n) is 9.29. The molecule has 1 aliphatic rings. The van der Waals surface area contributed by atoms with Crippen LogP contribution < -0.4 is 9.47 Å². The summed E-state index contributed by atoms with van der Waals surface area (Å²) in [5.74, 6) is -5.26. The van der Waals surface area contributed by atoms with E-state index in [4.69, 9.17) is 18.9 Å². The Morgan fingerprint density at radius 3 is 2.24 bits per heavy atom. The predicted octanol–water partition coefficient (Wildman–Crippen LogP) is -1.35. The smallest absolute Gasteiger partial charge is 0.348 e. The Balaban J connectivity index is 1.75. The molecule has 7 atom stereocenters. The topological polar surface area (TPSA) is 250 Å². The molecule has 8 N–H and O–H groups in total. The zero-order valence-corrected chi connectivity index (χ0v) is 22.0. The van der Waals surface area contributed by atoms with E-state index in [0.717, 1.165) is 6.08 Å². The molecule has 1 aliphatic heterocycles. The molecule has 1 fully saturated rings. The number of rotatable bonds is 12. The Morgan fingerprint density at radius 2 is 1.67 bits per heavy atom. The highest BCUT2D eigenvalue weighted by Gasteiger charge is 2.51. The maximum Gasteiger partial charge on any atom is 0.348 e. The SMILES string of the molecule is COc1cc(/C=C/C(=O)O[C@H](C(=O)O)[C@](O)(Cc2ccc(O)cc2)C(=O)O)ccc1O[C@@H]1O[C@H](CO)[C@H](O)[C@H](O)[C@H]1O. The number of carbonyl (C=O) groups is 3. The van der Waals surface area contributed by atoms with Crippen molar-refractivity contribution in [2.45, 2.75) is 48.8 Å². The van der Waals surface area contributed by atoms with E-state index in [-0.39, 0.29) is 28.4 Å². The first-order chi connectivity index (χ1) is 19.8. The summed E-state index contributed by atoms with van der Waals surface area (Å²) in [5.41, 5.74) is -2.62. The van der Waals surface area contributed by atoms with Crippen molar-refractivity contribution in [2.75, 3.05) is 13.7 Å². The van der Waals surface area contributed by atoms with Crippen molar-refractivity contribution in [3.8, 4) is 17.2 Å². The zero-order chi connectivity index (χ0) is 31.2. The van der Waals surface area contributed by atoms with Crippen LogP contribution in [0.25, 0.3) is 6.08 Å². The van der Waals surface area contributed by atoms with Crippen molar-refractivity contribution in [1.82, 2.24) is 0 Å². The van der Waals surface area contributed by atoms with Gasteiger partial charge in [-0.2, -0.15) is 0 Å². The normalized spacial score (nSPS) is 24.4. The lowest BCUT2D eigenvalue weighted by atomic mass is 9.88. The number of aliphatic hydroxyl groups is 5.